The van der Waals surface area contributed by atoms with Crippen LogP contribution < -0.4 is 10.6 Å². The summed E-state index contributed by atoms with van der Waals surface area (Å²) in [5.74, 6) is -0.632. The fourth-order valence-corrected chi connectivity index (χ4v) is 6.13. The monoisotopic (exact) mass is 448 g/mol. The van der Waals surface area contributed by atoms with Crippen LogP contribution in [0.5, 0.6) is 0 Å². The predicted octanol–water partition coefficient (Wildman–Crippen LogP) is 5.16. The van der Waals surface area contributed by atoms with Crippen molar-refractivity contribution in [3.05, 3.63) is 16.0 Å². The number of rotatable bonds is 9. The molecule has 1 fully saturated rings. The maximum Gasteiger partial charge on any atom is 0.303 e. The molecule has 31 heavy (non-hydrogen) atoms. The smallest absolute Gasteiger partial charge is 0.303 e. The molecule has 2 aliphatic carbocycles. The first-order chi connectivity index (χ1) is 14.7. The Morgan fingerprint density at radius 3 is 2.48 bits per heavy atom. The molecule has 0 aliphatic heterocycles. The van der Waals surface area contributed by atoms with Crippen molar-refractivity contribution in [1.29, 1.82) is 0 Å². The van der Waals surface area contributed by atoms with Crippen LogP contribution >= 0.6 is 11.3 Å². The lowest BCUT2D eigenvalue weighted by Gasteiger charge is -2.36. The summed E-state index contributed by atoms with van der Waals surface area (Å²) >= 11 is 1.54. The number of aliphatic carboxylic acids is 1. The number of thiophene rings is 1. The molecule has 1 aromatic heterocycles. The van der Waals surface area contributed by atoms with Crippen LogP contribution in [0.15, 0.2) is 0 Å². The van der Waals surface area contributed by atoms with Gasteiger partial charge in [0.25, 0.3) is 5.91 Å². The van der Waals surface area contributed by atoms with E-state index in [9.17, 15) is 14.4 Å². The van der Waals surface area contributed by atoms with Crippen molar-refractivity contribution in [3.8, 4) is 0 Å². The molecule has 0 bridgehead atoms. The molecule has 0 unspecified atom stereocenters. The van der Waals surface area contributed by atoms with E-state index in [1.807, 2.05) is 0 Å². The third-order valence-corrected chi connectivity index (χ3v) is 8.42. The van der Waals surface area contributed by atoms with E-state index in [2.05, 4.69) is 31.4 Å². The van der Waals surface area contributed by atoms with E-state index in [0.717, 1.165) is 56.9 Å². The zero-order valence-corrected chi connectivity index (χ0v) is 19.8. The predicted molar refractivity (Wildman–Crippen MR) is 124 cm³/mol. The molecule has 1 heterocycles. The van der Waals surface area contributed by atoms with Crippen molar-refractivity contribution >= 4 is 34.1 Å². The van der Waals surface area contributed by atoms with Gasteiger partial charge in [-0.05, 0) is 55.4 Å². The molecule has 1 atom stereocenters. The van der Waals surface area contributed by atoms with Crippen molar-refractivity contribution in [3.63, 3.8) is 0 Å². The highest BCUT2D eigenvalue weighted by Crippen LogP contribution is 2.45. The van der Waals surface area contributed by atoms with Crippen LogP contribution in [0.2, 0.25) is 0 Å². The Hall–Kier alpha value is -1.89. The number of carboxylic acids is 1. The molecular formula is C24H36N2O4S. The maximum atomic E-state index is 13.2. The van der Waals surface area contributed by atoms with Crippen LogP contribution in [0.3, 0.4) is 0 Å². The van der Waals surface area contributed by atoms with Gasteiger partial charge in [0.05, 0.1) is 5.56 Å². The number of anilines is 1. The Kier molecular flexibility index (Phi) is 7.78. The Bertz CT molecular complexity index is 824. The van der Waals surface area contributed by atoms with Gasteiger partial charge in [-0.3, -0.25) is 14.4 Å². The van der Waals surface area contributed by atoms with Gasteiger partial charge < -0.3 is 15.7 Å². The molecule has 6 nitrogen and oxygen atoms in total. The molecule has 3 rings (SSSR count). The van der Waals surface area contributed by atoms with Gasteiger partial charge in [0, 0.05) is 23.8 Å². The van der Waals surface area contributed by atoms with E-state index >= 15 is 0 Å². The molecule has 2 amide bonds. The summed E-state index contributed by atoms with van der Waals surface area (Å²) < 4.78 is 0. The minimum absolute atomic E-state index is 0.0306. The number of nitrogens with one attached hydrogen (secondary N) is 2. The fourth-order valence-electron chi connectivity index (χ4n) is 4.79. The van der Waals surface area contributed by atoms with Crippen LogP contribution in [-0.2, 0) is 22.4 Å². The second-order valence-electron chi connectivity index (χ2n) is 9.74. The molecule has 1 saturated carbocycles. The summed E-state index contributed by atoms with van der Waals surface area (Å²) in [7, 11) is 0. The van der Waals surface area contributed by atoms with E-state index in [0.29, 0.717) is 22.9 Å². The summed E-state index contributed by atoms with van der Waals surface area (Å²) in [4.78, 5) is 37.7. The normalized spacial score (nSPS) is 19.1. The highest BCUT2D eigenvalue weighted by molar-refractivity contribution is 7.17. The Balaban J connectivity index is 1.81. The summed E-state index contributed by atoms with van der Waals surface area (Å²) in [5.41, 5.74) is 1.99. The van der Waals surface area contributed by atoms with Crippen LogP contribution in [0.4, 0.5) is 5.00 Å². The van der Waals surface area contributed by atoms with Gasteiger partial charge in [-0.25, -0.2) is 0 Å². The molecule has 2 aliphatic rings. The summed E-state index contributed by atoms with van der Waals surface area (Å²) in [6.07, 6.45) is 8.71. The molecule has 0 saturated heterocycles. The lowest BCUT2D eigenvalue weighted by Crippen LogP contribution is -2.34. The summed E-state index contributed by atoms with van der Waals surface area (Å²) in [5, 5.41) is 15.6. The van der Waals surface area contributed by atoms with E-state index in [1.165, 1.54) is 16.2 Å². The first-order valence-electron chi connectivity index (χ1n) is 11.7. The Labute approximate surface area is 189 Å². The molecule has 3 N–H and O–H groups in total. The molecular weight excluding hydrogens is 412 g/mol. The number of fused-ring (bicyclic) bond motifs is 1. The molecule has 172 valence electrons. The van der Waals surface area contributed by atoms with E-state index in [-0.39, 0.29) is 36.1 Å². The minimum atomic E-state index is -0.902. The fraction of sp³-hybridized carbons (Fsp3) is 0.708. The van der Waals surface area contributed by atoms with Crippen LogP contribution in [0.1, 0.15) is 99.4 Å². The zero-order chi connectivity index (χ0) is 22.6. The number of carbonyl (C=O) groups excluding carboxylic acids is 2. The van der Waals surface area contributed by atoms with Gasteiger partial charge in [0.2, 0.25) is 5.91 Å². The topological polar surface area (TPSA) is 95.5 Å². The van der Waals surface area contributed by atoms with Crippen molar-refractivity contribution < 1.29 is 19.5 Å². The minimum Gasteiger partial charge on any atom is -0.481 e. The molecule has 0 radical (unpaired) electrons. The lowest BCUT2D eigenvalue weighted by atomic mass is 9.69. The van der Waals surface area contributed by atoms with E-state index in [1.54, 1.807) is 0 Å². The van der Waals surface area contributed by atoms with Gasteiger partial charge in [0.1, 0.15) is 5.00 Å². The number of carboxylic acid groups (broad SMARTS) is 1. The standard InChI is InChI=1S/C24H36N2O4S/c1-4-24(2,3)15-12-13-17-18(14-15)31-23(26-19(27)10-7-11-20(28)29)21(17)22(30)25-16-8-5-6-9-16/h15-16H,4-14H2,1-3H3,(H,25,30)(H,26,27)(H,28,29)/t15-/m1/s1. The van der Waals surface area contributed by atoms with Gasteiger partial charge >= 0.3 is 5.97 Å². The molecule has 1 aromatic rings. The average molecular weight is 449 g/mol. The van der Waals surface area contributed by atoms with Gasteiger partial charge in [0.15, 0.2) is 0 Å². The largest absolute Gasteiger partial charge is 0.481 e. The highest BCUT2D eigenvalue weighted by Gasteiger charge is 2.35. The third-order valence-electron chi connectivity index (χ3n) is 7.25. The molecule has 0 spiro atoms. The second kappa shape index (κ2) is 10.2. The first-order valence-corrected chi connectivity index (χ1v) is 12.5. The van der Waals surface area contributed by atoms with Gasteiger partial charge in [-0.15, -0.1) is 11.3 Å². The number of carbonyl (C=O) groups is 3. The van der Waals surface area contributed by atoms with Crippen molar-refractivity contribution in [2.75, 3.05) is 5.32 Å². The SMILES string of the molecule is CCC(C)(C)[C@@H]1CCc2c(sc(NC(=O)CCCC(=O)O)c2C(=O)NC2CCCC2)C1. The summed E-state index contributed by atoms with van der Waals surface area (Å²) in [6.45, 7) is 6.86. The van der Waals surface area contributed by atoms with Gasteiger partial charge in [-0.2, -0.15) is 0 Å². The zero-order valence-electron chi connectivity index (χ0n) is 19.0. The van der Waals surface area contributed by atoms with Crippen LogP contribution in [-0.4, -0.2) is 28.9 Å². The van der Waals surface area contributed by atoms with Crippen molar-refractivity contribution in [2.24, 2.45) is 11.3 Å². The maximum absolute atomic E-state index is 13.2. The average Bonchev–Trinajstić information content (AvgIpc) is 3.34. The quantitative estimate of drug-likeness (QED) is 0.486. The second-order valence-corrected chi connectivity index (χ2v) is 10.8. The van der Waals surface area contributed by atoms with Crippen LogP contribution in [0.25, 0.3) is 0 Å². The first kappa shape index (κ1) is 23.8. The van der Waals surface area contributed by atoms with Crippen LogP contribution in [0, 0.1) is 11.3 Å². The number of hydrogen-bond donors (Lipinski definition) is 3. The Morgan fingerprint density at radius 1 is 1.13 bits per heavy atom. The third kappa shape index (κ3) is 5.88. The van der Waals surface area contributed by atoms with E-state index in [4.69, 9.17) is 5.11 Å². The summed E-state index contributed by atoms with van der Waals surface area (Å²) in [6, 6.07) is 0.220. The lowest BCUT2D eigenvalue weighted by molar-refractivity contribution is -0.137. The van der Waals surface area contributed by atoms with E-state index < -0.39 is 5.97 Å². The van der Waals surface area contributed by atoms with Crippen molar-refractivity contribution in [1.82, 2.24) is 5.32 Å². The number of amides is 2. The number of hydrogen-bond acceptors (Lipinski definition) is 4. The van der Waals surface area contributed by atoms with Crippen molar-refractivity contribution in [2.45, 2.75) is 97.4 Å². The molecule has 7 heteroatoms. The highest BCUT2D eigenvalue weighted by atomic mass is 32.1. The van der Waals surface area contributed by atoms with Gasteiger partial charge in [-0.1, -0.05) is 40.0 Å². The molecule has 0 aromatic carbocycles. The Morgan fingerprint density at radius 2 is 1.84 bits per heavy atom.